The Morgan fingerprint density at radius 3 is 2.57 bits per heavy atom. The molecule has 0 fully saturated rings. The number of hydrogen-bond acceptors (Lipinski definition) is 7. The average molecular weight is 602 g/mol. The van der Waals surface area contributed by atoms with Crippen LogP contribution >= 0.6 is 0 Å². The van der Waals surface area contributed by atoms with E-state index in [2.05, 4.69) is 20.8 Å². The molecule has 1 aliphatic rings. The maximum absolute atomic E-state index is 13.7. The molecule has 13 nitrogen and oxygen atoms in total. The zero-order valence-electron chi connectivity index (χ0n) is 24.8. The van der Waals surface area contributed by atoms with Gasteiger partial charge in [-0.05, 0) is 38.0 Å². The normalized spacial score (nSPS) is 13.5. The van der Waals surface area contributed by atoms with Crippen molar-refractivity contribution in [3.63, 3.8) is 0 Å². The second-order valence-corrected chi connectivity index (χ2v) is 10.8. The van der Waals surface area contributed by atoms with E-state index in [-0.39, 0.29) is 41.1 Å². The van der Waals surface area contributed by atoms with E-state index < -0.39 is 29.0 Å². The van der Waals surface area contributed by atoms with E-state index in [1.807, 2.05) is 20.8 Å². The van der Waals surface area contributed by atoms with Crippen LogP contribution in [0.25, 0.3) is 5.65 Å². The molecule has 0 aliphatic carbocycles. The Balaban J connectivity index is 1.43. The Morgan fingerprint density at radius 1 is 1.07 bits per heavy atom. The molecule has 3 N–H and O–H groups in total. The number of aromatic amines is 1. The van der Waals surface area contributed by atoms with Crippen LogP contribution in [0.1, 0.15) is 71.8 Å². The lowest BCUT2D eigenvalue weighted by Crippen LogP contribution is -2.47. The van der Waals surface area contributed by atoms with Gasteiger partial charge in [-0.15, -0.1) is 0 Å². The molecule has 1 atom stereocenters. The molecular weight excluding hydrogens is 566 g/mol. The summed E-state index contributed by atoms with van der Waals surface area (Å²) in [7, 11) is 0. The molecule has 1 aliphatic heterocycles. The Kier molecular flexibility index (Phi) is 8.93. The maximum atomic E-state index is 13.7. The summed E-state index contributed by atoms with van der Waals surface area (Å²) in [6.45, 7) is 6.92. The van der Waals surface area contributed by atoms with Crippen molar-refractivity contribution in [2.24, 2.45) is 0 Å². The molecular formula is C31H35N7O6. The highest BCUT2D eigenvalue weighted by Crippen LogP contribution is 2.24. The number of nitrogens with zero attached hydrogens (tertiary/aromatic N) is 4. The number of ether oxygens (including phenoxy) is 1. The minimum atomic E-state index is -1.11. The summed E-state index contributed by atoms with van der Waals surface area (Å²) in [5, 5.41) is 11.8. The Bertz CT molecular complexity index is 1810. The third-order valence-corrected chi connectivity index (χ3v) is 7.55. The van der Waals surface area contributed by atoms with Crippen molar-refractivity contribution in [2.75, 3.05) is 13.2 Å². The molecule has 13 heteroatoms. The third-order valence-electron chi connectivity index (χ3n) is 7.55. The molecule has 1 aromatic carbocycles. The average Bonchev–Trinajstić information content (AvgIpc) is 3.40. The van der Waals surface area contributed by atoms with Crippen LogP contribution in [0.5, 0.6) is 5.75 Å². The van der Waals surface area contributed by atoms with Gasteiger partial charge in [-0.1, -0.05) is 43.7 Å². The summed E-state index contributed by atoms with van der Waals surface area (Å²) < 4.78 is 8.76. The van der Waals surface area contributed by atoms with Crippen molar-refractivity contribution in [1.82, 2.24) is 34.7 Å². The highest BCUT2D eigenvalue weighted by atomic mass is 16.5. The zero-order chi connectivity index (χ0) is 31.4. The standard InChI is InChI=1S/C31H35N7O6/c1-4-5-16-44-26-23(39)17-21(37-15-14-36(19(2)3)30(42)25(26)37)18-32-29(41)24(20-10-7-6-8-11-20)33-28(40)22-12-9-13-38-27(22)34-35-31(38)43/h6-13,17,19,24H,4-5,14-16,18H2,1-3H3,(H,32,41)(H,33,40)(H,35,43)/t24-/m1/s1. The fourth-order valence-electron chi connectivity index (χ4n) is 5.23. The molecule has 3 aromatic heterocycles. The summed E-state index contributed by atoms with van der Waals surface area (Å²) in [6.07, 6.45) is 3.08. The van der Waals surface area contributed by atoms with E-state index in [0.29, 0.717) is 31.0 Å². The number of carbonyl (C=O) groups excluding carboxylic acids is 3. The highest BCUT2D eigenvalue weighted by Gasteiger charge is 2.33. The number of pyridine rings is 2. The summed E-state index contributed by atoms with van der Waals surface area (Å²) in [4.78, 5) is 67.5. The van der Waals surface area contributed by atoms with Crippen LogP contribution in [-0.4, -0.2) is 61.0 Å². The lowest BCUT2D eigenvalue weighted by molar-refractivity contribution is -0.123. The number of rotatable bonds is 11. The van der Waals surface area contributed by atoms with E-state index in [1.165, 1.54) is 28.8 Å². The van der Waals surface area contributed by atoms with E-state index in [0.717, 1.165) is 12.8 Å². The summed E-state index contributed by atoms with van der Waals surface area (Å²) >= 11 is 0. The predicted molar refractivity (Wildman–Crippen MR) is 162 cm³/mol. The first-order valence-electron chi connectivity index (χ1n) is 14.6. The van der Waals surface area contributed by atoms with Gasteiger partial charge in [-0.2, -0.15) is 5.10 Å². The fraction of sp³-hybridized carbons (Fsp3) is 0.355. The predicted octanol–water partition coefficient (Wildman–Crippen LogP) is 2.01. The topological polar surface area (TPSA) is 160 Å². The van der Waals surface area contributed by atoms with Gasteiger partial charge in [0.15, 0.2) is 17.1 Å². The molecule has 0 unspecified atom stereocenters. The third kappa shape index (κ3) is 5.98. The minimum absolute atomic E-state index is 0.0185. The zero-order valence-corrected chi connectivity index (χ0v) is 24.8. The first-order chi connectivity index (χ1) is 21.2. The van der Waals surface area contributed by atoms with E-state index in [4.69, 9.17) is 4.74 Å². The number of aromatic nitrogens is 4. The molecule has 0 bridgehead atoms. The number of nitrogens with one attached hydrogen (secondary N) is 3. The van der Waals surface area contributed by atoms with Crippen LogP contribution < -0.4 is 26.5 Å². The van der Waals surface area contributed by atoms with Gasteiger partial charge >= 0.3 is 5.69 Å². The van der Waals surface area contributed by atoms with Gasteiger partial charge < -0.3 is 24.8 Å². The Morgan fingerprint density at radius 2 is 1.84 bits per heavy atom. The maximum Gasteiger partial charge on any atom is 0.347 e. The number of hydrogen-bond donors (Lipinski definition) is 3. The monoisotopic (exact) mass is 601 g/mol. The molecule has 5 rings (SSSR count). The fourth-order valence-corrected chi connectivity index (χ4v) is 5.23. The largest absolute Gasteiger partial charge is 0.487 e. The molecule has 0 saturated heterocycles. The lowest BCUT2D eigenvalue weighted by atomic mass is 10.1. The number of H-pyrrole nitrogens is 1. The smallest absolute Gasteiger partial charge is 0.347 e. The molecule has 0 saturated carbocycles. The van der Waals surface area contributed by atoms with Gasteiger partial charge in [0.1, 0.15) is 6.04 Å². The van der Waals surface area contributed by atoms with Crippen LogP contribution in [0, 0.1) is 0 Å². The lowest BCUT2D eigenvalue weighted by Gasteiger charge is -2.35. The van der Waals surface area contributed by atoms with Gasteiger partial charge in [0, 0.05) is 37.1 Å². The van der Waals surface area contributed by atoms with E-state index >= 15 is 0 Å². The number of unbranched alkanes of at least 4 members (excludes halogenated alkanes) is 1. The van der Waals surface area contributed by atoms with Gasteiger partial charge in [-0.25, -0.2) is 14.3 Å². The quantitative estimate of drug-likeness (QED) is 0.222. The van der Waals surface area contributed by atoms with E-state index in [1.54, 1.807) is 39.8 Å². The number of amides is 3. The van der Waals surface area contributed by atoms with Crippen molar-refractivity contribution in [3.05, 3.63) is 98.0 Å². The van der Waals surface area contributed by atoms with Crippen LogP contribution in [0.2, 0.25) is 0 Å². The number of benzene rings is 1. The van der Waals surface area contributed by atoms with Crippen LogP contribution in [-0.2, 0) is 17.9 Å². The van der Waals surface area contributed by atoms with Crippen molar-refractivity contribution in [3.8, 4) is 5.75 Å². The number of carbonyl (C=O) groups is 3. The molecule has 4 heterocycles. The van der Waals surface area contributed by atoms with Gasteiger partial charge in [0.2, 0.25) is 11.3 Å². The Hall–Kier alpha value is -5.20. The van der Waals surface area contributed by atoms with Gasteiger partial charge in [0.05, 0.1) is 18.7 Å². The molecule has 4 aromatic rings. The van der Waals surface area contributed by atoms with Crippen molar-refractivity contribution >= 4 is 23.4 Å². The van der Waals surface area contributed by atoms with E-state index in [9.17, 15) is 24.0 Å². The summed E-state index contributed by atoms with van der Waals surface area (Å²) in [5.74, 6) is -1.43. The number of fused-ring (bicyclic) bond motifs is 2. The van der Waals surface area contributed by atoms with Crippen LogP contribution in [0.4, 0.5) is 0 Å². The van der Waals surface area contributed by atoms with Crippen LogP contribution in [0.3, 0.4) is 0 Å². The Labute approximate surface area is 252 Å². The van der Waals surface area contributed by atoms with Crippen molar-refractivity contribution in [1.29, 1.82) is 0 Å². The molecule has 0 radical (unpaired) electrons. The van der Waals surface area contributed by atoms with Crippen molar-refractivity contribution < 1.29 is 19.1 Å². The molecule has 3 amide bonds. The molecule has 230 valence electrons. The van der Waals surface area contributed by atoms with Gasteiger partial charge in [0.25, 0.3) is 11.8 Å². The van der Waals surface area contributed by atoms with Crippen LogP contribution in [0.15, 0.2) is 64.3 Å². The summed E-state index contributed by atoms with van der Waals surface area (Å²) in [5.41, 5.74) is 0.422. The molecule has 0 spiro atoms. The second-order valence-electron chi connectivity index (χ2n) is 10.8. The SMILES string of the molecule is CCCCOc1c2n(c(CNC(=O)[C@H](NC(=O)c3cccn4c(=O)[nH]nc34)c3ccccc3)cc1=O)CCN(C(C)C)C2=O. The molecule has 44 heavy (non-hydrogen) atoms. The first kappa shape index (κ1) is 30.3. The first-order valence-corrected chi connectivity index (χ1v) is 14.6. The minimum Gasteiger partial charge on any atom is -0.487 e. The van der Waals surface area contributed by atoms with Gasteiger partial charge in [-0.3, -0.25) is 19.2 Å². The highest BCUT2D eigenvalue weighted by molar-refractivity contribution is 6.02. The second kappa shape index (κ2) is 13.0. The van der Waals surface area contributed by atoms with Crippen molar-refractivity contribution in [2.45, 2.75) is 58.8 Å². The summed E-state index contributed by atoms with van der Waals surface area (Å²) in [6, 6.07) is 11.9.